The molecule has 0 aliphatic carbocycles. The standard InChI is InChI=1S/C14H11IN2S/c15-11-5-3-4-10(8-11)9-18-14-16-12-6-1-2-7-13(12)17-14/h1-8H,9H2,(H,16,17). The first-order chi connectivity index (χ1) is 8.81. The molecule has 0 radical (unpaired) electrons. The normalized spacial score (nSPS) is 10.9. The van der Waals surface area contributed by atoms with Crippen molar-refractivity contribution in [2.24, 2.45) is 0 Å². The molecule has 3 aromatic rings. The Balaban J connectivity index is 1.76. The number of halogens is 1. The van der Waals surface area contributed by atoms with E-state index in [1.165, 1.54) is 9.13 Å². The molecule has 3 rings (SSSR count). The molecule has 0 spiro atoms. The maximum absolute atomic E-state index is 4.56. The van der Waals surface area contributed by atoms with Gasteiger partial charge in [0.15, 0.2) is 5.16 Å². The number of nitrogens with one attached hydrogen (secondary N) is 1. The molecule has 2 nitrogen and oxygen atoms in total. The van der Waals surface area contributed by atoms with E-state index >= 15 is 0 Å². The highest BCUT2D eigenvalue weighted by Gasteiger charge is 2.03. The summed E-state index contributed by atoms with van der Waals surface area (Å²) < 4.78 is 1.27. The fourth-order valence-electron chi connectivity index (χ4n) is 1.78. The third-order valence-electron chi connectivity index (χ3n) is 2.63. The van der Waals surface area contributed by atoms with Crippen LogP contribution in [0.3, 0.4) is 0 Å². The topological polar surface area (TPSA) is 28.7 Å². The number of H-pyrrole nitrogens is 1. The second kappa shape index (κ2) is 5.32. The van der Waals surface area contributed by atoms with Crippen LogP contribution in [0.4, 0.5) is 0 Å². The Bertz CT molecular complexity index is 645. The van der Waals surface area contributed by atoms with Crippen molar-refractivity contribution < 1.29 is 0 Å². The van der Waals surface area contributed by atoms with Gasteiger partial charge in [-0.25, -0.2) is 4.98 Å². The zero-order valence-electron chi connectivity index (χ0n) is 9.56. The average Bonchev–Trinajstić information content (AvgIpc) is 2.79. The maximum atomic E-state index is 4.56. The van der Waals surface area contributed by atoms with Gasteiger partial charge >= 0.3 is 0 Å². The quantitative estimate of drug-likeness (QED) is 0.548. The number of nitrogens with zero attached hydrogens (tertiary/aromatic N) is 1. The summed E-state index contributed by atoms with van der Waals surface area (Å²) in [5, 5.41) is 0.982. The lowest BCUT2D eigenvalue weighted by Gasteiger charge is -1.99. The number of imidazole rings is 1. The number of aromatic amines is 1. The highest BCUT2D eigenvalue weighted by Crippen LogP contribution is 2.23. The van der Waals surface area contributed by atoms with Crippen molar-refractivity contribution in [1.82, 2.24) is 9.97 Å². The maximum Gasteiger partial charge on any atom is 0.166 e. The van der Waals surface area contributed by atoms with E-state index in [2.05, 4.69) is 62.9 Å². The van der Waals surface area contributed by atoms with Crippen LogP contribution in [0.1, 0.15) is 5.56 Å². The molecular formula is C14H11IN2S. The average molecular weight is 366 g/mol. The molecule has 1 aromatic heterocycles. The number of aromatic nitrogens is 2. The van der Waals surface area contributed by atoms with Gasteiger partial charge in [-0.3, -0.25) is 0 Å². The zero-order valence-corrected chi connectivity index (χ0v) is 12.5. The Labute approximate surface area is 123 Å². The molecule has 0 amide bonds. The van der Waals surface area contributed by atoms with Gasteiger partial charge in [-0.2, -0.15) is 0 Å². The number of hydrogen-bond donors (Lipinski definition) is 1. The monoisotopic (exact) mass is 366 g/mol. The van der Waals surface area contributed by atoms with Crippen LogP contribution in [-0.4, -0.2) is 9.97 Å². The van der Waals surface area contributed by atoms with Gasteiger partial charge in [0.2, 0.25) is 0 Å². The lowest BCUT2D eigenvalue weighted by Crippen LogP contribution is -1.82. The first kappa shape index (κ1) is 12.0. The zero-order chi connectivity index (χ0) is 12.4. The molecule has 0 atom stereocenters. The molecule has 0 aliphatic heterocycles. The molecule has 4 heteroatoms. The Hall–Kier alpha value is -1.01. The fourth-order valence-corrected chi connectivity index (χ4v) is 3.21. The molecular weight excluding hydrogens is 355 g/mol. The number of benzene rings is 2. The highest BCUT2D eigenvalue weighted by atomic mass is 127. The largest absolute Gasteiger partial charge is 0.333 e. The van der Waals surface area contributed by atoms with Crippen LogP contribution in [-0.2, 0) is 5.75 Å². The van der Waals surface area contributed by atoms with Gasteiger partial charge in [-0.15, -0.1) is 0 Å². The Morgan fingerprint density at radius 2 is 2.00 bits per heavy atom. The first-order valence-corrected chi connectivity index (χ1v) is 7.70. The van der Waals surface area contributed by atoms with Gasteiger partial charge in [-0.05, 0) is 52.4 Å². The number of fused-ring (bicyclic) bond motifs is 1. The minimum atomic E-state index is 0.941. The van der Waals surface area contributed by atoms with Crippen LogP contribution in [0.5, 0.6) is 0 Å². The Morgan fingerprint density at radius 1 is 1.11 bits per heavy atom. The van der Waals surface area contributed by atoms with Crippen LogP contribution >= 0.6 is 34.4 Å². The number of hydrogen-bond acceptors (Lipinski definition) is 2. The molecule has 18 heavy (non-hydrogen) atoms. The second-order valence-electron chi connectivity index (χ2n) is 3.98. The molecule has 90 valence electrons. The molecule has 0 aliphatic rings. The summed E-state index contributed by atoms with van der Waals surface area (Å²) >= 11 is 4.08. The van der Waals surface area contributed by atoms with Crippen LogP contribution in [0.2, 0.25) is 0 Å². The minimum absolute atomic E-state index is 0.941. The summed E-state index contributed by atoms with van der Waals surface area (Å²) in [6.07, 6.45) is 0. The third kappa shape index (κ3) is 2.70. The summed E-state index contributed by atoms with van der Waals surface area (Å²) in [7, 11) is 0. The van der Waals surface area contributed by atoms with E-state index in [1.807, 2.05) is 18.2 Å². The molecule has 2 aromatic carbocycles. The number of para-hydroxylation sites is 2. The van der Waals surface area contributed by atoms with Crippen LogP contribution in [0, 0.1) is 3.57 Å². The summed E-state index contributed by atoms with van der Waals surface area (Å²) in [6.45, 7) is 0. The van der Waals surface area contributed by atoms with Crippen molar-refractivity contribution in [2.75, 3.05) is 0 Å². The summed E-state index contributed by atoms with van der Waals surface area (Å²) in [5.41, 5.74) is 3.46. The van der Waals surface area contributed by atoms with Gasteiger partial charge < -0.3 is 4.98 Å². The summed E-state index contributed by atoms with van der Waals surface area (Å²) in [6, 6.07) is 16.7. The summed E-state index contributed by atoms with van der Waals surface area (Å²) in [5.74, 6) is 0.941. The summed E-state index contributed by atoms with van der Waals surface area (Å²) in [4.78, 5) is 7.89. The van der Waals surface area contributed by atoms with E-state index in [0.29, 0.717) is 0 Å². The van der Waals surface area contributed by atoms with E-state index in [1.54, 1.807) is 11.8 Å². The Kier molecular flexibility index (Phi) is 3.56. The van der Waals surface area contributed by atoms with Crippen molar-refractivity contribution in [1.29, 1.82) is 0 Å². The predicted octanol–water partition coefficient (Wildman–Crippen LogP) is 4.46. The Morgan fingerprint density at radius 3 is 2.83 bits per heavy atom. The minimum Gasteiger partial charge on any atom is -0.333 e. The van der Waals surface area contributed by atoms with Gasteiger partial charge in [-0.1, -0.05) is 36.0 Å². The van der Waals surface area contributed by atoms with Crippen molar-refractivity contribution in [3.05, 3.63) is 57.7 Å². The third-order valence-corrected chi connectivity index (χ3v) is 4.25. The van der Waals surface area contributed by atoms with Gasteiger partial charge in [0, 0.05) is 9.32 Å². The molecule has 0 saturated carbocycles. The van der Waals surface area contributed by atoms with Crippen LogP contribution < -0.4 is 0 Å². The van der Waals surface area contributed by atoms with Gasteiger partial charge in [0.25, 0.3) is 0 Å². The van der Waals surface area contributed by atoms with E-state index < -0.39 is 0 Å². The number of thioether (sulfide) groups is 1. The highest BCUT2D eigenvalue weighted by molar-refractivity contribution is 14.1. The van der Waals surface area contributed by atoms with E-state index in [4.69, 9.17) is 0 Å². The molecule has 0 fully saturated rings. The van der Waals surface area contributed by atoms with Crippen molar-refractivity contribution in [3.8, 4) is 0 Å². The van der Waals surface area contributed by atoms with E-state index in [-0.39, 0.29) is 0 Å². The van der Waals surface area contributed by atoms with Crippen molar-refractivity contribution in [2.45, 2.75) is 10.9 Å². The van der Waals surface area contributed by atoms with Gasteiger partial charge in [0.05, 0.1) is 11.0 Å². The van der Waals surface area contributed by atoms with Crippen LogP contribution in [0.25, 0.3) is 11.0 Å². The molecule has 1 N–H and O–H groups in total. The van der Waals surface area contributed by atoms with Crippen molar-refractivity contribution in [3.63, 3.8) is 0 Å². The smallest absolute Gasteiger partial charge is 0.166 e. The van der Waals surface area contributed by atoms with Gasteiger partial charge in [0.1, 0.15) is 0 Å². The lowest BCUT2D eigenvalue weighted by atomic mass is 10.2. The number of rotatable bonds is 3. The van der Waals surface area contributed by atoms with Crippen LogP contribution in [0.15, 0.2) is 53.7 Å². The lowest BCUT2D eigenvalue weighted by molar-refractivity contribution is 1.08. The second-order valence-corrected chi connectivity index (χ2v) is 6.19. The molecule has 0 saturated heterocycles. The molecule has 1 heterocycles. The molecule has 0 bridgehead atoms. The predicted molar refractivity (Wildman–Crippen MR) is 84.8 cm³/mol. The van der Waals surface area contributed by atoms with Crippen molar-refractivity contribution >= 4 is 45.4 Å². The fraction of sp³-hybridized carbons (Fsp3) is 0.0714. The first-order valence-electron chi connectivity index (χ1n) is 5.63. The van der Waals surface area contributed by atoms with E-state index in [9.17, 15) is 0 Å². The van der Waals surface area contributed by atoms with E-state index in [0.717, 1.165) is 21.9 Å². The SMILES string of the molecule is Ic1cccc(CSc2nc3ccccc3[nH]2)c1. The molecule has 0 unspecified atom stereocenters.